The first kappa shape index (κ1) is 14.5. The van der Waals surface area contributed by atoms with Gasteiger partial charge in [0.25, 0.3) is 0 Å². The molecule has 0 radical (unpaired) electrons. The van der Waals surface area contributed by atoms with Crippen LogP contribution in [0.5, 0.6) is 0 Å². The molecular formula is C11H21NO2S. The van der Waals surface area contributed by atoms with Crippen LogP contribution in [0.2, 0.25) is 0 Å². The highest BCUT2D eigenvalue weighted by molar-refractivity contribution is 7.99. The van der Waals surface area contributed by atoms with Crippen molar-refractivity contribution in [2.24, 2.45) is 0 Å². The number of carbonyl (C=O) groups is 1. The first-order valence-electron chi connectivity index (χ1n) is 5.34. The smallest absolute Gasteiger partial charge is 0.323 e. The molecule has 0 aromatic heterocycles. The average molecular weight is 231 g/mol. The minimum Gasteiger partial charge on any atom is -0.465 e. The van der Waals surface area contributed by atoms with Crippen molar-refractivity contribution in [1.29, 1.82) is 0 Å². The van der Waals surface area contributed by atoms with E-state index in [4.69, 9.17) is 4.74 Å². The normalized spacial score (nSPS) is 12.1. The lowest BCUT2D eigenvalue weighted by Crippen LogP contribution is -2.38. The predicted molar refractivity (Wildman–Crippen MR) is 66.2 cm³/mol. The molecule has 0 aromatic rings. The topological polar surface area (TPSA) is 38.3 Å². The van der Waals surface area contributed by atoms with Gasteiger partial charge in [0.1, 0.15) is 6.04 Å². The third kappa shape index (κ3) is 7.45. The summed E-state index contributed by atoms with van der Waals surface area (Å²) in [6.07, 6.45) is 2.56. The zero-order valence-electron chi connectivity index (χ0n) is 9.62. The minimum atomic E-state index is -0.193. The Morgan fingerprint density at radius 1 is 1.60 bits per heavy atom. The van der Waals surface area contributed by atoms with E-state index in [9.17, 15) is 4.79 Å². The molecule has 88 valence electrons. The van der Waals surface area contributed by atoms with Gasteiger partial charge in [0.05, 0.1) is 6.61 Å². The van der Waals surface area contributed by atoms with Gasteiger partial charge in [0.15, 0.2) is 0 Å². The summed E-state index contributed by atoms with van der Waals surface area (Å²) in [5, 5.41) is 3.11. The van der Waals surface area contributed by atoms with Crippen molar-refractivity contribution in [1.82, 2.24) is 5.32 Å². The SMILES string of the molecule is C=CCNC(CCSCC)C(=O)OCC. The van der Waals surface area contributed by atoms with Crippen LogP contribution in [0.15, 0.2) is 12.7 Å². The summed E-state index contributed by atoms with van der Waals surface area (Å²) in [5.74, 6) is 1.90. The van der Waals surface area contributed by atoms with E-state index in [1.54, 1.807) is 6.08 Å². The van der Waals surface area contributed by atoms with Gasteiger partial charge >= 0.3 is 5.97 Å². The van der Waals surface area contributed by atoms with Gasteiger partial charge in [0, 0.05) is 6.54 Å². The second-order valence-electron chi connectivity index (χ2n) is 2.99. The van der Waals surface area contributed by atoms with E-state index >= 15 is 0 Å². The number of thioether (sulfide) groups is 1. The summed E-state index contributed by atoms with van der Waals surface area (Å²) >= 11 is 1.83. The van der Waals surface area contributed by atoms with E-state index in [-0.39, 0.29) is 12.0 Å². The number of ether oxygens (including phenoxy) is 1. The zero-order chi connectivity index (χ0) is 11.5. The molecule has 0 heterocycles. The fourth-order valence-electron chi connectivity index (χ4n) is 1.12. The van der Waals surface area contributed by atoms with Gasteiger partial charge in [-0.05, 0) is 24.9 Å². The second kappa shape index (κ2) is 10.1. The van der Waals surface area contributed by atoms with Crippen LogP contribution >= 0.6 is 11.8 Å². The van der Waals surface area contributed by atoms with Crippen molar-refractivity contribution in [3.05, 3.63) is 12.7 Å². The lowest BCUT2D eigenvalue weighted by Gasteiger charge is -2.15. The summed E-state index contributed by atoms with van der Waals surface area (Å²) in [4.78, 5) is 11.5. The van der Waals surface area contributed by atoms with Crippen LogP contribution in [0.4, 0.5) is 0 Å². The van der Waals surface area contributed by atoms with Crippen LogP contribution in [0.3, 0.4) is 0 Å². The number of hydrogen-bond acceptors (Lipinski definition) is 4. The molecule has 0 bridgehead atoms. The van der Waals surface area contributed by atoms with E-state index in [0.717, 1.165) is 17.9 Å². The van der Waals surface area contributed by atoms with Gasteiger partial charge in [-0.25, -0.2) is 0 Å². The van der Waals surface area contributed by atoms with Crippen molar-refractivity contribution in [3.8, 4) is 0 Å². The highest BCUT2D eigenvalue weighted by Crippen LogP contribution is 2.05. The molecule has 15 heavy (non-hydrogen) atoms. The van der Waals surface area contributed by atoms with Crippen molar-refractivity contribution >= 4 is 17.7 Å². The standard InChI is InChI=1S/C11H21NO2S/c1-4-8-12-10(7-9-15-6-3)11(13)14-5-2/h4,10,12H,1,5-9H2,2-3H3. The number of carbonyl (C=O) groups excluding carboxylic acids is 1. The second-order valence-corrected chi connectivity index (χ2v) is 4.38. The van der Waals surface area contributed by atoms with E-state index in [1.165, 1.54) is 0 Å². The molecule has 0 aliphatic carbocycles. The zero-order valence-corrected chi connectivity index (χ0v) is 10.4. The van der Waals surface area contributed by atoms with Crippen molar-refractivity contribution in [2.75, 3.05) is 24.7 Å². The third-order valence-corrected chi connectivity index (χ3v) is 2.77. The first-order valence-corrected chi connectivity index (χ1v) is 6.50. The predicted octanol–water partition coefficient (Wildman–Crippen LogP) is 1.84. The molecule has 0 saturated carbocycles. The van der Waals surface area contributed by atoms with Gasteiger partial charge in [0.2, 0.25) is 0 Å². The van der Waals surface area contributed by atoms with Gasteiger partial charge in [-0.2, -0.15) is 11.8 Å². The Labute approximate surface area is 96.6 Å². The fourth-order valence-corrected chi connectivity index (χ4v) is 1.81. The maximum absolute atomic E-state index is 11.5. The van der Waals surface area contributed by atoms with Gasteiger partial charge in [-0.15, -0.1) is 6.58 Å². The molecule has 1 N–H and O–H groups in total. The molecule has 0 fully saturated rings. The Bertz CT molecular complexity index is 185. The van der Waals surface area contributed by atoms with Crippen molar-refractivity contribution < 1.29 is 9.53 Å². The van der Waals surface area contributed by atoms with Crippen molar-refractivity contribution in [3.63, 3.8) is 0 Å². The summed E-state index contributed by atoms with van der Waals surface area (Å²) < 4.78 is 4.99. The molecule has 0 aliphatic heterocycles. The molecule has 0 saturated heterocycles. The highest BCUT2D eigenvalue weighted by Gasteiger charge is 2.17. The van der Waals surface area contributed by atoms with Gasteiger partial charge in [-0.3, -0.25) is 4.79 Å². The summed E-state index contributed by atoms with van der Waals surface area (Å²) in [6, 6.07) is -0.193. The highest BCUT2D eigenvalue weighted by atomic mass is 32.2. The molecule has 0 rings (SSSR count). The maximum Gasteiger partial charge on any atom is 0.323 e. The van der Waals surface area contributed by atoms with Crippen LogP contribution in [-0.4, -0.2) is 36.7 Å². The van der Waals surface area contributed by atoms with Gasteiger partial charge in [-0.1, -0.05) is 13.0 Å². The lowest BCUT2D eigenvalue weighted by molar-refractivity contribution is -0.145. The molecule has 0 aromatic carbocycles. The Morgan fingerprint density at radius 3 is 2.87 bits per heavy atom. The summed E-state index contributed by atoms with van der Waals surface area (Å²) in [5.41, 5.74) is 0. The molecule has 1 atom stereocenters. The third-order valence-electron chi connectivity index (χ3n) is 1.83. The molecule has 3 nitrogen and oxygen atoms in total. The summed E-state index contributed by atoms with van der Waals surface area (Å²) in [7, 11) is 0. The lowest BCUT2D eigenvalue weighted by atomic mass is 10.2. The maximum atomic E-state index is 11.5. The molecule has 0 amide bonds. The molecule has 0 spiro atoms. The minimum absolute atomic E-state index is 0.156. The number of esters is 1. The van der Waals surface area contributed by atoms with E-state index in [1.807, 2.05) is 18.7 Å². The molecule has 4 heteroatoms. The Morgan fingerprint density at radius 2 is 2.33 bits per heavy atom. The number of hydrogen-bond donors (Lipinski definition) is 1. The molecular weight excluding hydrogens is 210 g/mol. The van der Waals surface area contributed by atoms with E-state index in [2.05, 4.69) is 18.8 Å². The van der Waals surface area contributed by atoms with Crippen LogP contribution in [0, 0.1) is 0 Å². The average Bonchev–Trinajstić information content (AvgIpc) is 2.23. The Balaban J connectivity index is 3.92. The molecule has 1 unspecified atom stereocenters. The van der Waals surface area contributed by atoms with Crippen LogP contribution < -0.4 is 5.32 Å². The first-order chi connectivity index (χ1) is 7.26. The van der Waals surface area contributed by atoms with E-state index < -0.39 is 0 Å². The molecule has 0 aliphatic rings. The quantitative estimate of drug-likeness (QED) is 0.373. The number of rotatable bonds is 9. The van der Waals surface area contributed by atoms with Crippen LogP contribution in [-0.2, 0) is 9.53 Å². The van der Waals surface area contributed by atoms with Crippen LogP contribution in [0.25, 0.3) is 0 Å². The fraction of sp³-hybridized carbons (Fsp3) is 0.727. The Kier molecular flexibility index (Phi) is 9.73. The van der Waals surface area contributed by atoms with E-state index in [0.29, 0.717) is 13.2 Å². The monoisotopic (exact) mass is 231 g/mol. The largest absolute Gasteiger partial charge is 0.465 e. The van der Waals surface area contributed by atoms with Crippen LogP contribution in [0.1, 0.15) is 20.3 Å². The van der Waals surface area contributed by atoms with Crippen molar-refractivity contribution in [2.45, 2.75) is 26.3 Å². The number of nitrogens with one attached hydrogen (secondary N) is 1. The Hall–Kier alpha value is -0.480. The summed E-state index contributed by atoms with van der Waals surface area (Å²) in [6.45, 7) is 8.63. The van der Waals surface area contributed by atoms with Gasteiger partial charge < -0.3 is 10.1 Å².